The molecule has 2 aromatic carbocycles. The molecular formula is C19H16N4O2. The van der Waals surface area contributed by atoms with Crippen LogP contribution in [0.3, 0.4) is 0 Å². The third-order valence-corrected chi connectivity index (χ3v) is 3.88. The number of ether oxygens (including phenoxy) is 1. The number of anilines is 2. The van der Waals surface area contributed by atoms with Crippen molar-refractivity contribution in [3.63, 3.8) is 0 Å². The van der Waals surface area contributed by atoms with E-state index in [0.29, 0.717) is 11.5 Å². The molecule has 0 saturated carbocycles. The van der Waals surface area contributed by atoms with Crippen LogP contribution in [-0.2, 0) is 0 Å². The Morgan fingerprint density at radius 3 is 2.80 bits per heavy atom. The topological polar surface area (TPSA) is 71.7 Å². The number of methoxy groups -OCH3 is 1. The van der Waals surface area contributed by atoms with Crippen molar-refractivity contribution >= 4 is 17.3 Å². The van der Waals surface area contributed by atoms with Gasteiger partial charge in [0.15, 0.2) is 0 Å². The molecule has 4 aromatic rings. The van der Waals surface area contributed by atoms with Crippen molar-refractivity contribution in [3.05, 3.63) is 67.0 Å². The normalized spacial score (nSPS) is 10.8. The number of phenolic OH excluding ortho intramolecular Hbond substituents is 1. The Balaban J connectivity index is 1.91. The minimum Gasteiger partial charge on any atom is -0.508 e. The van der Waals surface area contributed by atoms with E-state index in [9.17, 15) is 5.11 Å². The molecule has 6 heteroatoms. The lowest BCUT2D eigenvalue weighted by Gasteiger charge is -2.12. The largest absolute Gasteiger partial charge is 0.508 e. The smallest absolute Gasteiger partial charge is 0.235 e. The Morgan fingerprint density at radius 2 is 1.96 bits per heavy atom. The third-order valence-electron chi connectivity index (χ3n) is 3.88. The van der Waals surface area contributed by atoms with E-state index in [1.54, 1.807) is 31.5 Å². The Bertz CT molecular complexity index is 1040. The molecule has 0 unspecified atom stereocenters. The average Bonchev–Trinajstić information content (AvgIpc) is 3.01. The Hall–Kier alpha value is -3.54. The minimum atomic E-state index is 0.186. The summed E-state index contributed by atoms with van der Waals surface area (Å²) in [6.45, 7) is 0. The molecule has 6 nitrogen and oxygen atoms in total. The zero-order valence-corrected chi connectivity index (χ0v) is 13.5. The zero-order chi connectivity index (χ0) is 17.2. The van der Waals surface area contributed by atoms with Crippen molar-refractivity contribution in [3.8, 4) is 22.8 Å². The molecular weight excluding hydrogens is 316 g/mol. The zero-order valence-electron chi connectivity index (χ0n) is 13.5. The van der Waals surface area contributed by atoms with E-state index in [-0.39, 0.29) is 5.75 Å². The van der Waals surface area contributed by atoms with E-state index in [1.165, 1.54) is 0 Å². The number of benzene rings is 2. The van der Waals surface area contributed by atoms with Crippen LogP contribution in [0.2, 0.25) is 0 Å². The van der Waals surface area contributed by atoms with Crippen LogP contribution in [0, 0.1) is 0 Å². The van der Waals surface area contributed by atoms with E-state index in [0.717, 1.165) is 22.8 Å². The number of para-hydroxylation sites is 2. The van der Waals surface area contributed by atoms with E-state index in [1.807, 2.05) is 47.0 Å². The Labute approximate surface area is 144 Å². The fourth-order valence-corrected chi connectivity index (χ4v) is 2.74. The van der Waals surface area contributed by atoms with Gasteiger partial charge in [0.1, 0.15) is 23.0 Å². The highest BCUT2D eigenvalue weighted by atomic mass is 16.5. The maximum atomic E-state index is 9.82. The van der Waals surface area contributed by atoms with Crippen molar-refractivity contribution in [2.45, 2.75) is 0 Å². The molecule has 2 aromatic heterocycles. The molecule has 0 radical (unpaired) electrons. The summed E-state index contributed by atoms with van der Waals surface area (Å²) in [6.07, 6.45) is 3.58. The van der Waals surface area contributed by atoms with Crippen molar-refractivity contribution < 1.29 is 9.84 Å². The number of fused-ring (bicyclic) bond motifs is 1. The summed E-state index contributed by atoms with van der Waals surface area (Å²) in [6, 6.07) is 16.5. The first-order valence-electron chi connectivity index (χ1n) is 7.79. The number of aromatic hydroxyl groups is 1. The molecule has 0 amide bonds. The van der Waals surface area contributed by atoms with Gasteiger partial charge in [0.25, 0.3) is 0 Å². The van der Waals surface area contributed by atoms with Gasteiger partial charge in [-0.05, 0) is 30.3 Å². The minimum absolute atomic E-state index is 0.186. The molecule has 4 rings (SSSR count). The highest BCUT2D eigenvalue weighted by molar-refractivity contribution is 5.80. The molecule has 0 saturated heterocycles. The van der Waals surface area contributed by atoms with Crippen molar-refractivity contribution in [1.29, 1.82) is 0 Å². The van der Waals surface area contributed by atoms with Crippen LogP contribution >= 0.6 is 0 Å². The summed E-state index contributed by atoms with van der Waals surface area (Å²) in [7, 11) is 1.63. The molecule has 0 aliphatic rings. The van der Waals surface area contributed by atoms with Crippen molar-refractivity contribution in [1.82, 2.24) is 14.4 Å². The van der Waals surface area contributed by atoms with Gasteiger partial charge < -0.3 is 15.2 Å². The first-order chi connectivity index (χ1) is 12.3. The predicted molar refractivity (Wildman–Crippen MR) is 96.4 cm³/mol. The van der Waals surface area contributed by atoms with E-state index in [2.05, 4.69) is 15.3 Å². The number of hydrogen-bond acceptors (Lipinski definition) is 5. The van der Waals surface area contributed by atoms with Crippen LogP contribution < -0.4 is 10.1 Å². The van der Waals surface area contributed by atoms with Crippen LogP contribution in [0.15, 0.2) is 67.0 Å². The van der Waals surface area contributed by atoms with Gasteiger partial charge >= 0.3 is 0 Å². The first kappa shape index (κ1) is 15.0. The Morgan fingerprint density at radius 1 is 1.08 bits per heavy atom. The summed E-state index contributed by atoms with van der Waals surface area (Å²) in [4.78, 5) is 8.93. The quantitative estimate of drug-likeness (QED) is 0.594. The second-order valence-corrected chi connectivity index (χ2v) is 5.47. The van der Waals surface area contributed by atoms with Crippen molar-refractivity contribution in [2.24, 2.45) is 0 Å². The molecule has 0 aliphatic heterocycles. The lowest BCUT2D eigenvalue weighted by Crippen LogP contribution is -1.99. The number of nitrogens with zero attached hydrogens (tertiary/aromatic N) is 3. The van der Waals surface area contributed by atoms with E-state index >= 15 is 0 Å². The van der Waals surface area contributed by atoms with Crippen molar-refractivity contribution in [2.75, 3.05) is 12.4 Å². The highest BCUT2D eigenvalue weighted by Crippen LogP contribution is 2.34. The van der Waals surface area contributed by atoms with Crippen LogP contribution in [0.5, 0.6) is 11.5 Å². The van der Waals surface area contributed by atoms with E-state index in [4.69, 9.17) is 4.74 Å². The highest BCUT2D eigenvalue weighted by Gasteiger charge is 2.16. The van der Waals surface area contributed by atoms with Gasteiger partial charge in [-0.2, -0.15) is 0 Å². The van der Waals surface area contributed by atoms with Crippen LogP contribution in [0.4, 0.5) is 11.5 Å². The maximum absolute atomic E-state index is 9.82. The summed E-state index contributed by atoms with van der Waals surface area (Å²) in [5, 5.41) is 13.2. The molecule has 0 bridgehead atoms. The number of phenols is 1. The molecule has 0 spiro atoms. The summed E-state index contributed by atoms with van der Waals surface area (Å²) >= 11 is 0. The maximum Gasteiger partial charge on any atom is 0.235 e. The number of rotatable bonds is 4. The fraction of sp³-hybridized carbons (Fsp3) is 0.0526. The predicted octanol–water partition coefficient (Wildman–Crippen LogP) is 3.85. The first-order valence-corrected chi connectivity index (χ1v) is 7.79. The Kier molecular flexibility index (Phi) is 3.70. The van der Waals surface area contributed by atoms with Crippen LogP contribution in [0.1, 0.15) is 0 Å². The van der Waals surface area contributed by atoms with Gasteiger partial charge in [-0.3, -0.25) is 4.40 Å². The fourth-order valence-electron chi connectivity index (χ4n) is 2.74. The molecule has 124 valence electrons. The summed E-state index contributed by atoms with van der Waals surface area (Å²) in [5.74, 6) is 2.23. The molecule has 0 atom stereocenters. The molecule has 0 fully saturated rings. The molecule has 2 heterocycles. The van der Waals surface area contributed by atoms with Gasteiger partial charge in [-0.15, -0.1) is 0 Å². The summed E-state index contributed by atoms with van der Waals surface area (Å²) < 4.78 is 7.29. The lowest BCUT2D eigenvalue weighted by atomic mass is 10.1. The third kappa shape index (κ3) is 2.74. The average molecular weight is 332 g/mol. The second kappa shape index (κ2) is 6.16. The lowest BCUT2D eigenvalue weighted by molar-refractivity contribution is 0.417. The van der Waals surface area contributed by atoms with Crippen LogP contribution in [0.25, 0.3) is 17.0 Å². The summed E-state index contributed by atoms with van der Waals surface area (Å²) in [5.41, 5.74) is 2.31. The number of hydrogen-bond donors (Lipinski definition) is 2. The number of imidazole rings is 1. The number of nitrogens with one attached hydrogen (secondary N) is 1. The standard InChI is InChI=1S/C19H16N4O2/c1-25-16-9-3-2-8-15(16)21-18-17(13-6-4-7-14(24)12-13)22-19-20-10-5-11-23(18)19/h2-12,21,24H,1H3. The van der Waals surface area contributed by atoms with Crippen LogP contribution in [-0.4, -0.2) is 26.6 Å². The molecule has 0 aliphatic carbocycles. The monoisotopic (exact) mass is 332 g/mol. The van der Waals surface area contributed by atoms with Gasteiger partial charge in [-0.1, -0.05) is 24.3 Å². The number of aromatic nitrogens is 3. The second-order valence-electron chi connectivity index (χ2n) is 5.47. The van der Waals surface area contributed by atoms with Gasteiger partial charge in [0, 0.05) is 18.0 Å². The molecule has 2 N–H and O–H groups in total. The SMILES string of the molecule is COc1ccccc1Nc1c(-c2cccc(O)c2)nc2ncccn12. The van der Waals surface area contributed by atoms with Gasteiger partial charge in [0.05, 0.1) is 12.8 Å². The molecule has 25 heavy (non-hydrogen) atoms. The van der Waals surface area contributed by atoms with Gasteiger partial charge in [-0.25, -0.2) is 9.97 Å². The van der Waals surface area contributed by atoms with E-state index < -0.39 is 0 Å². The van der Waals surface area contributed by atoms with Gasteiger partial charge in [0.2, 0.25) is 5.78 Å².